The van der Waals surface area contributed by atoms with Crippen molar-refractivity contribution in [2.45, 2.75) is 17.9 Å². The maximum Gasteiger partial charge on any atom is 0.271 e. The van der Waals surface area contributed by atoms with Crippen LogP contribution < -0.4 is 10.5 Å². The predicted molar refractivity (Wildman–Crippen MR) is 74.8 cm³/mol. The molecular weight excluding hydrogens is 298 g/mol. The number of nitrogens with one attached hydrogen (secondary N) is 2. The minimum Gasteiger partial charge on any atom is -0.397 e. The SMILES string of the molecule is CC(NS(=O)(=O)c1ccc([N+](=O)[O-])cc1N)c1cn[nH]c1. The Labute approximate surface area is 120 Å². The Kier molecular flexibility index (Phi) is 3.91. The molecule has 0 radical (unpaired) electrons. The second-order valence-electron chi connectivity index (χ2n) is 4.35. The quantitative estimate of drug-likeness (QED) is 0.426. The van der Waals surface area contributed by atoms with Crippen molar-refractivity contribution in [3.63, 3.8) is 0 Å². The lowest BCUT2D eigenvalue weighted by molar-refractivity contribution is -0.384. The molecule has 0 aliphatic rings. The van der Waals surface area contributed by atoms with E-state index in [1.165, 1.54) is 6.20 Å². The number of aromatic amines is 1. The second kappa shape index (κ2) is 5.50. The smallest absolute Gasteiger partial charge is 0.271 e. The molecule has 10 heteroatoms. The number of aromatic nitrogens is 2. The molecule has 0 spiro atoms. The normalized spacial score (nSPS) is 13.0. The van der Waals surface area contributed by atoms with E-state index in [1.807, 2.05) is 0 Å². The van der Waals surface area contributed by atoms with E-state index in [0.29, 0.717) is 5.56 Å². The van der Waals surface area contributed by atoms with Gasteiger partial charge in [-0.25, -0.2) is 13.1 Å². The molecule has 2 rings (SSSR count). The number of hydrogen-bond donors (Lipinski definition) is 3. The Hall–Kier alpha value is -2.46. The number of sulfonamides is 1. The Bertz CT molecular complexity index is 757. The van der Waals surface area contributed by atoms with E-state index in [-0.39, 0.29) is 16.3 Å². The lowest BCUT2D eigenvalue weighted by atomic mass is 10.2. The zero-order valence-electron chi connectivity index (χ0n) is 11.0. The Morgan fingerprint density at radius 3 is 2.71 bits per heavy atom. The molecular formula is C11H13N5O4S. The van der Waals surface area contributed by atoms with Crippen molar-refractivity contribution in [2.24, 2.45) is 0 Å². The van der Waals surface area contributed by atoms with Gasteiger partial charge in [-0.05, 0) is 13.0 Å². The molecule has 1 aromatic carbocycles. The summed E-state index contributed by atoms with van der Waals surface area (Å²) in [6, 6.07) is 2.69. The topological polar surface area (TPSA) is 144 Å². The number of nitrogens with zero attached hydrogens (tertiary/aromatic N) is 2. The fraction of sp³-hybridized carbons (Fsp3) is 0.182. The summed E-state index contributed by atoms with van der Waals surface area (Å²) in [6.45, 7) is 1.64. The van der Waals surface area contributed by atoms with Gasteiger partial charge in [0, 0.05) is 29.9 Å². The Morgan fingerprint density at radius 1 is 1.48 bits per heavy atom. The zero-order valence-corrected chi connectivity index (χ0v) is 11.8. The summed E-state index contributed by atoms with van der Waals surface area (Å²) in [5.41, 5.74) is 5.80. The molecule has 9 nitrogen and oxygen atoms in total. The molecule has 1 heterocycles. The molecule has 1 atom stereocenters. The van der Waals surface area contributed by atoms with Gasteiger partial charge in [0.15, 0.2) is 0 Å². The molecule has 1 unspecified atom stereocenters. The third-order valence-electron chi connectivity index (χ3n) is 2.85. The Balaban J connectivity index is 2.29. The molecule has 0 aliphatic carbocycles. The minimum absolute atomic E-state index is 0.184. The molecule has 0 fully saturated rings. The third-order valence-corrected chi connectivity index (χ3v) is 4.46. The molecule has 1 aromatic heterocycles. The van der Waals surface area contributed by atoms with Crippen LogP contribution in [0, 0.1) is 10.1 Å². The van der Waals surface area contributed by atoms with Crippen molar-refractivity contribution in [3.05, 3.63) is 46.3 Å². The van der Waals surface area contributed by atoms with Crippen LogP contribution in [0.1, 0.15) is 18.5 Å². The van der Waals surface area contributed by atoms with Crippen molar-refractivity contribution in [2.75, 3.05) is 5.73 Å². The van der Waals surface area contributed by atoms with Crippen LogP contribution in [0.2, 0.25) is 0 Å². The average molecular weight is 311 g/mol. The summed E-state index contributed by atoms with van der Waals surface area (Å²) in [5.74, 6) is 0. The molecule has 0 aliphatic heterocycles. The Morgan fingerprint density at radius 2 is 2.19 bits per heavy atom. The molecule has 21 heavy (non-hydrogen) atoms. The number of hydrogen-bond acceptors (Lipinski definition) is 6. The van der Waals surface area contributed by atoms with Crippen LogP contribution in [0.25, 0.3) is 0 Å². The number of nitro groups is 1. The van der Waals surface area contributed by atoms with Crippen molar-refractivity contribution in [3.8, 4) is 0 Å². The summed E-state index contributed by atoms with van der Waals surface area (Å²) < 4.78 is 26.9. The number of nitrogen functional groups attached to an aromatic ring is 1. The number of non-ortho nitro benzene ring substituents is 1. The number of rotatable bonds is 5. The predicted octanol–water partition coefficient (Wildman–Crippen LogP) is 0.940. The van der Waals surface area contributed by atoms with Gasteiger partial charge in [-0.2, -0.15) is 5.10 Å². The first-order chi connectivity index (χ1) is 9.81. The van der Waals surface area contributed by atoms with Crippen LogP contribution in [-0.2, 0) is 10.0 Å². The van der Waals surface area contributed by atoms with E-state index in [2.05, 4.69) is 14.9 Å². The van der Waals surface area contributed by atoms with Gasteiger partial charge >= 0.3 is 0 Å². The van der Waals surface area contributed by atoms with E-state index in [1.54, 1.807) is 13.1 Å². The first-order valence-corrected chi connectivity index (χ1v) is 7.34. The molecule has 112 valence electrons. The van der Waals surface area contributed by atoms with Crippen LogP contribution in [0.5, 0.6) is 0 Å². The highest BCUT2D eigenvalue weighted by Crippen LogP contribution is 2.25. The van der Waals surface area contributed by atoms with Gasteiger partial charge in [-0.3, -0.25) is 15.2 Å². The van der Waals surface area contributed by atoms with Gasteiger partial charge in [0.2, 0.25) is 10.0 Å². The van der Waals surface area contributed by atoms with Crippen LogP contribution in [-0.4, -0.2) is 23.5 Å². The molecule has 0 saturated carbocycles. The highest BCUT2D eigenvalue weighted by Gasteiger charge is 2.22. The van der Waals surface area contributed by atoms with Gasteiger partial charge in [0.05, 0.1) is 16.8 Å². The van der Waals surface area contributed by atoms with Gasteiger partial charge in [0.25, 0.3) is 5.69 Å². The van der Waals surface area contributed by atoms with E-state index in [4.69, 9.17) is 5.73 Å². The van der Waals surface area contributed by atoms with Crippen LogP contribution in [0.4, 0.5) is 11.4 Å². The largest absolute Gasteiger partial charge is 0.397 e. The number of benzene rings is 1. The van der Waals surface area contributed by atoms with Crippen molar-refractivity contribution < 1.29 is 13.3 Å². The molecule has 0 amide bonds. The number of nitrogens with two attached hydrogens (primary N) is 1. The van der Waals surface area contributed by atoms with Crippen molar-refractivity contribution >= 4 is 21.4 Å². The summed E-state index contributed by atoms with van der Waals surface area (Å²) in [7, 11) is -3.90. The standard InChI is InChI=1S/C11H13N5O4S/c1-7(8-5-13-14-6-8)15-21(19,20)11-3-2-9(16(17)18)4-10(11)12/h2-7,15H,12H2,1H3,(H,13,14). The summed E-state index contributed by atoms with van der Waals surface area (Å²) >= 11 is 0. The van der Waals surface area contributed by atoms with E-state index < -0.39 is 21.0 Å². The van der Waals surface area contributed by atoms with Crippen molar-refractivity contribution in [1.29, 1.82) is 0 Å². The monoisotopic (exact) mass is 311 g/mol. The van der Waals surface area contributed by atoms with Gasteiger partial charge < -0.3 is 5.73 Å². The molecule has 0 bridgehead atoms. The molecule has 2 aromatic rings. The van der Waals surface area contributed by atoms with Crippen LogP contribution in [0.15, 0.2) is 35.5 Å². The summed E-state index contributed by atoms with van der Waals surface area (Å²) in [5, 5.41) is 16.9. The van der Waals surface area contributed by atoms with Gasteiger partial charge in [0.1, 0.15) is 4.90 Å². The van der Waals surface area contributed by atoms with Gasteiger partial charge in [-0.15, -0.1) is 0 Å². The third kappa shape index (κ3) is 3.17. The first kappa shape index (κ1) is 14.9. The average Bonchev–Trinajstić information content (AvgIpc) is 2.91. The van der Waals surface area contributed by atoms with E-state index in [0.717, 1.165) is 18.2 Å². The zero-order chi connectivity index (χ0) is 15.6. The highest BCUT2D eigenvalue weighted by atomic mass is 32.2. The van der Waals surface area contributed by atoms with Crippen molar-refractivity contribution in [1.82, 2.24) is 14.9 Å². The highest BCUT2D eigenvalue weighted by molar-refractivity contribution is 7.89. The minimum atomic E-state index is -3.90. The first-order valence-electron chi connectivity index (χ1n) is 5.86. The van der Waals surface area contributed by atoms with E-state index in [9.17, 15) is 18.5 Å². The lowest BCUT2D eigenvalue weighted by Crippen LogP contribution is -2.27. The summed E-state index contributed by atoms with van der Waals surface area (Å²) in [6.07, 6.45) is 3.05. The number of H-pyrrole nitrogens is 1. The van der Waals surface area contributed by atoms with Crippen LogP contribution in [0.3, 0.4) is 0 Å². The van der Waals surface area contributed by atoms with Gasteiger partial charge in [-0.1, -0.05) is 0 Å². The van der Waals surface area contributed by atoms with Crippen LogP contribution >= 0.6 is 0 Å². The summed E-state index contributed by atoms with van der Waals surface area (Å²) in [4.78, 5) is 9.77. The lowest BCUT2D eigenvalue weighted by Gasteiger charge is -2.13. The van der Waals surface area contributed by atoms with E-state index >= 15 is 0 Å². The maximum absolute atomic E-state index is 12.2. The fourth-order valence-corrected chi connectivity index (χ4v) is 3.10. The fourth-order valence-electron chi connectivity index (χ4n) is 1.76. The molecule has 0 saturated heterocycles. The molecule has 4 N–H and O–H groups in total. The second-order valence-corrected chi connectivity index (χ2v) is 6.04. The number of anilines is 1. The number of nitro benzene ring substituents is 1. The maximum atomic E-state index is 12.2.